The van der Waals surface area contributed by atoms with E-state index in [-0.39, 0.29) is 12.7 Å². The number of hydrogen-bond acceptors (Lipinski definition) is 5. The van der Waals surface area contributed by atoms with Crippen molar-refractivity contribution >= 4 is 23.1 Å². The minimum atomic E-state index is -0.103. The predicted molar refractivity (Wildman–Crippen MR) is 97.0 cm³/mol. The third kappa shape index (κ3) is 2.35. The van der Waals surface area contributed by atoms with E-state index in [1.54, 1.807) is 29.3 Å². The first kappa shape index (κ1) is 14.8. The lowest BCUT2D eigenvalue weighted by atomic mass is 10.1. The number of hydrogen-bond donors (Lipinski definition) is 1. The zero-order chi connectivity index (χ0) is 17.5. The van der Waals surface area contributed by atoms with Crippen LogP contribution < -0.4 is 19.7 Å². The number of amides is 1. The molecule has 0 bridgehead atoms. The maximum Gasteiger partial charge on any atom is 0.258 e. The highest BCUT2D eigenvalue weighted by atomic mass is 16.7. The van der Waals surface area contributed by atoms with Crippen LogP contribution in [0.2, 0.25) is 0 Å². The highest BCUT2D eigenvalue weighted by Gasteiger charge is 2.26. The maximum absolute atomic E-state index is 13.3. The van der Waals surface area contributed by atoms with Crippen molar-refractivity contribution in [1.29, 1.82) is 0 Å². The van der Waals surface area contributed by atoms with Gasteiger partial charge in [0.05, 0.1) is 17.9 Å². The van der Waals surface area contributed by atoms with Crippen molar-refractivity contribution in [3.05, 3.63) is 71.9 Å². The van der Waals surface area contributed by atoms with Crippen molar-refractivity contribution in [3.8, 4) is 11.5 Å². The Hall–Kier alpha value is -3.54. The zero-order valence-electron chi connectivity index (χ0n) is 13.8. The minimum Gasteiger partial charge on any atom is -0.454 e. The molecule has 6 heteroatoms. The van der Waals surface area contributed by atoms with E-state index in [0.29, 0.717) is 23.6 Å². The van der Waals surface area contributed by atoms with Crippen LogP contribution in [-0.4, -0.2) is 17.7 Å². The summed E-state index contributed by atoms with van der Waals surface area (Å²) in [4.78, 5) is 19.5. The van der Waals surface area contributed by atoms with Crippen molar-refractivity contribution in [3.63, 3.8) is 0 Å². The molecule has 0 saturated carbocycles. The van der Waals surface area contributed by atoms with E-state index in [4.69, 9.17) is 9.47 Å². The number of carbonyl (C=O) groups excluding carboxylic acids is 1. The first-order chi connectivity index (χ1) is 12.8. The Morgan fingerprint density at radius 2 is 1.92 bits per heavy atom. The number of anilines is 3. The minimum absolute atomic E-state index is 0.103. The average Bonchev–Trinajstić information content (AvgIpc) is 3.08. The number of para-hydroxylation sites is 2. The monoisotopic (exact) mass is 345 g/mol. The maximum atomic E-state index is 13.3. The SMILES string of the molecule is O=C(c1ccc2c(c1)OCO2)N1Cc2cccnc2Nc2ccccc21. The van der Waals surface area contributed by atoms with E-state index in [1.807, 2.05) is 36.4 Å². The number of ether oxygens (including phenoxy) is 2. The van der Waals surface area contributed by atoms with Crippen LogP contribution in [0.3, 0.4) is 0 Å². The fraction of sp³-hybridized carbons (Fsp3) is 0.100. The van der Waals surface area contributed by atoms with Gasteiger partial charge in [0, 0.05) is 17.3 Å². The molecule has 5 rings (SSSR count). The van der Waals surface area contributed by atoms with Crippen molar-refractivity contribution in [1.82, 2.24) is 4.98 Å². The van der Waals surface area contributed by atoms with Crippen molar-refractivity contribution in [2.45, 2.75) is 6.54 Å². The lowest BCUT2D eigenvalue weighted by Crippen LogP contribution is -2.30. The molecule has 3 aromatic rings. The fourth-order valence-electron chi connectivity index (χ4n) is 3.24. The summed E-state index contributed by atoms with van der Waals surface area (Å²) < 4.78 is 10.7. The molecule has 1 amide bonds. The molecule has 0 aliphatic carbocycles. The molecule has 2 aliphatic rings. The van der Waals surface area contributed by atoms with Gasteiger partial charge in [0.2, 0.25) is 6.79 Å². The second-order valence-corrected chi connectivity index (χ2v) is 6.11. The number of carbonyl (C=O) groups is 1. The van der Waals surface area contributed by atoms with Crippen LogP contribution in [0.25, 0.3) is 0 Å². The van der Waals surface area contributed by atoms with Gasteiger partial charge in [0.15, 0.2) is 11.5 Å². The second kappa shape index (κ2) is 5.77. The largest absolute Gasteiger partial charge is 0.454 e. The molecule has 2 aliphatic heterocycles. The molecule has 0 spiro atoms. The molecule has 3 heterocycles. The van der Waals surface area contributed by atoms with Crippen LogP contribution in [0.15, 0.2) is 60.8 Å². The Balaban J connectivity index is 1.60. The lowest BCUT2D eigenvalue weighted by molar-refractivity contribution is 0.0985. The van der Waals surface area contributed by atoms with Gasteiger partial charge in [-0.25, -0.2) is 4.98 Å². The number of benzene rings is 2. The van der Waals surface area contributed by atoms with Crippen LogP contribution in [0.4, 0.5) is 17.2 Å². The Bertz CT molecular complexity index is 1020. The molecule has 26 heavy (non-hydrogen) atoms. The van der Waals surface area contributed by atoms with Crippen LogP contribution in [0, 0.1) is 0 Å². The van der Waals surface area contributed by atoms with Gasteiger partial charge in [-0.15, -0.1) is 0 Å². The molecule has 2 aromatic carbocycles. The second-order valence-electron chi connectivity index (χ2n) is 6.11. The van der Waals surface area contributed by atoms with E-state index < -0.39 is 0 Å². The van der Waals surface area contributed by atoms with Crippen LogP contribution in [-0.2, 0) is 6.54 Å². The zero-order valence-corrected chi connectivity index (χ0v) is 13.8. The van der Waals surface area contributed by atoms with Gasteiger partial charge in [-0.1, -0.05) is 18.2 Å². The fourth-order valence-corrected chi connectivity index (χ4v) is 3.24. The van der Waals surface area contributed by atoms with E-state index in [1.165, 1.54) is 0 Å². The van der Waals surface area contributed by atoms with Gasteiger partial charge in [-0.3, -0.25) is 4.79 Å². The smallest absolute Gasteiger partial charge is 0.258 e. The van der Waals surface area contributed by atoms with Gasteiger partial charge in [-0.2, -0.15) is 0 Å². The quantitative estimate of drug-likeness (QED) is 0.728. The number of fused-ring (bicyclic) bond motifs is 3. The molecule has 0 radical (unpaired) electrons. The number of nitrogens with one attached hydrogen (secondary N) is 1. The van der Waals surface area contributed by atoms with Crippen molar-refractivity contribution in [2.24, 2.45) is 0 Å². The average molecular weight is 345 g/mol. The molecule has 0 atom stereocenters. The summed E-state index contributed by atoms with van der Waals surface area (Å²) in [6.07, 6.45) is 1.74. The number of rotatable bonds is 1. The van der Waals surface area contributed by atoms with Gasteiger partial charge in [-0.05, 0) is 36.4 Å². The third-order valence-corrected chi connectivity index (χ3v) is 4.53. The van der Waals surface area contributed by atoms with Crippen LogP contribution in [0.5, 0.6) is 11.5 Å². The molecular weight excluding hydrogens is 330 g/mol. The molecule has 1 N–H and O–H groups in total. The van der Waals surface area contributed by atoms with Crippen LogP contribution in [0.1, 0.15) is 15.9 Å². The standard InChI is InChI=1S/C20H15N3O3/c24-20(13-7-8-17-18(10-13)26-12-25-17)23-11-14-4-3-9-21-19(14)22-15-5-1-2-6-16(15)23/h1-10H,11-12H2,(H,21,22). The summed E-state index contributed by atoms with van der Waals surface area (Å²) >= 11 is 0. The van der Waals surface area contributed by atoms with Gasteiger partial charge in [0.25, 0.3) is 5.91 Å². The first-order valence-corrected chi connectivity index (χ1v) is 8.31. The highest BCUT2D eigenvalue weighted by Crippen LogP contribution is 2.37. The highest BCUT2D eigenvalue weighted by molar-refractivity contribution is 6.08. The molecule has 0 saturated heterocycles. The summed E-state index contributed by atoms with van der Waals surface area (Å²) in [5.41, 5.74) is 3.17. The van der Waals surface area contributed by atoms with Crippen LogP contribution >= 0.6 is 0 Å². The first-order valence-electron chi connectivity index (χ1n) is 8.31. The third-order valence-electron chi connectivity index (χ3n) is 4.53. The molecule has 1 aromatic heterocycles. The molecular formula is C20H15N3O3. The van der Waals surface area contributed by atoms with Gasteiger partial charge >= 0.3 is 0 Å². The van der Waals surface area contributed by atoms with E-state index in [0.717, 1.165) is 22.8 Å². The normalized spacial score (nSPS) is 14.1. The van der Waals surface area contributed by atoms with E-state index in [9.17, 15) is 4.79 Å². The van der Waals surface area contributed by atoms with Crippen molar-refractivity contribution in [2.75, 3.05) is 17.0 Å². The Morgan fingerprint density at radius 1 is 1.04 bits per heavy atom. The Kier molecular flexibility index (Phi) is 3.28. The number of pyridine rings is 1. The summed E-state index contributed by atoms with van der Waals surface area (Å²) in [5.74, 6) is 1.92. The summed E-state index contributed by atoms with van der Waals surface area (Å²) in [6, 6.07) is 16.8. The molecule has 128 valence electrons. The molecule has 6 nitrogen and oxygen atoms in total. The molecule has 0 fully saturated rings. The Labute approximate surface area is 150 Å². The number of nitrogens with zero attached hydrogens (tertiary/aromatic N) is 2. The summed E-state index contributed by atoms with van der Waals surface area (Å²) in [6.45, 7) is 0.614. The van der Waals surface area contributed by atoms with E-state index in [2.05, 4.69) is 10.3 Å². The van der Waals surface area contributed by atoms with E-state index >= 15 is 0 Å². The summed E-state index contributed by atoms with van der Waals surface area (Å²) in [5, 5.41) is 3.33. The Morgan fingerprint density at radius 3 is 2.88 bits per heavy atom. The topological polar surface area (TPSA) is 63.7 Å². The van der Waals surface area contributed by atoms with Crippen molar-refractivity contribution < 1.29 is 14.3 Å². The number of aromatic nitrogens is 1. The summed E-state index contributed by atoms with van der Waals surface area (Å²) in [7, 11) is 0. The van der Waals surface area contributed by atoms with Gasteiger partial charge in [0.1, 0.15) is 5.82 Å². The van der Waals surface area contributed by atoms with Gasteiger partial charge < -0.3 is 19.7 Å². The predicted octanol–water partition coefficient (Wildman–Crippen LogP) is 3.71. The lowest BCUT2D eigenvalue weighted by Gasteiger charge is -2.22. The molecule has 0 unspecified atom stereocenters.